The molecule has 1 fully saturated rings. The molecule has 0 aromatic carbocycles. The molecule has 0 saturated heterocycles. The van der Waals surface area contributed by atoms with Gasteiger partial charge in [0.2, 0.25) is 15.9 Å². The van der Waals surface area contributed by atoms with E-state index in [9.17, 15) is 8.42 Å². The molecule has 2 rings (SSSR count). The molecule has 2 unspecified atom stereocenters. The van der Waals surface area contributed by atoms with Gasteiger partial charge in [0.1, 0.15) is 11.0 Å². The Kier molecular flexibility index (Phi) is 4.62. The van der Waals surface area contributed by atoms with E-state index in [2.05, 4.69) is 4.98 Å². The van der Waals surface area contributed by atoms with Crippen LogP contribution in [0.3, 0.4) is 0 Å². The standard InChI is InChI=1S/C13H21N3O3S/c1-16(2)20(17,18)10-7-8-13(15-9-10)19-12-6-4-3-5-11(12)14/h7-9,11-12H,3-6,14H2,1-2H3. The predicted molar refractivity (Wildman–Crippen MR) is 76.0 cm³/mol. The maximum atomic E-state index is 11.9. The average molecular weight is 299 g/mol. The molecule has 112 valence electrons. The highest BCUT2D eigenvalue weighted by Gasteiger charge is 2.24. The molecule has 1 heterocycles. The third kappa shape index (κ3) is 3.28. The minimum absolute atomic E-state index is 0.0238. The highest BCUT2D eigenvalue weighted by molar-refractivity contribution is 7.89. The van der Waals surface area contributed by atoms with Gasteiger partial charge in [-0.05, 0) is 25.3 Å². The number of sulfonamides is 1. The molecule has 2 N–H and O–H groups in total. The molecule has 0 bridgehead atoms. The molecule has 1 aromatic heterocycles. The SMILES string of the molecule is CN(C)S(=O)(=O)c1ccc(OC2CCCCC2N)nc1. The normalized spacial score (nSPS) is 23.8. The Morgan fingerprint density at radius 2 is 2.00 bits per heavy atom. The van der Waals surface area contributed by atoms with Crippen LogP contribution in [-0.2, 0) is 10.0 Å². The summed E-state index contributed by atoms with van der Waals surface area (Å²) < 4.78 is 30.7. The Balaban J connectivity index is 2.09. The molecule has 0 amide bonds. The smallest absolute Gasteiger partial charge is 0.244 e. The van der Waals surface area contributed by atoms with Crippen LogP contribution in [0.4, 0.5) is 0 Å². The first-order valence-corrected chi connectivity index (χ1v) is 8.16. The van der Waals surface area contributed by atoms with E-state index in [0.717, 1.165) is 30.0 Å². The van der Waals surface area contributed by atoms with Crippen LogP contribution in [0.15, 0.2) is 23.2 Å². The van der Waals surface area contributed by atoms with E-state index in [4.69, 9.17) is 10.5 Å². The summed E-state index contributed by atoms with van der Waals surface area (Å²) in [6.45, 7) is 0. The number of hydrogen-bond donors (Lipinski definition) is 1. The van der Waals surface area contributed by atoms with Gasteiger partial charge in [-0.15, -0.1) is 0 Å². The highest BCUT2D eigenvalue weighted by atomic mass is 32.2. The van der Waals surface area contributed by atoms with E-state index in [1.54, 1.807) is 6.07 Å². The van der Waals surface area contributed by atoms with E-state index >= 15 is 0 Å². The summed E-state index contributed by atoms with van der Waals surface area (Å²) in [5.74, 6) is 0.421. The number of aromatic nitrogens is 1. The molecule has 0 spiro atoms. The van der Waals surface area contributed by atoms with Gasteiger partial charge in [0.25, 0.3) is 0 Å². The van der Waals surface area contributed by atoms with Gasteiger partial charge in [-0.25, -0.2) is 17.7 Å². The Labute approximate surface area is 120 Å². The Hall–Kier alpha value is -1.18. The zero-order valence-corrected chi connectivity index (χ0v) is 12.6. The average Bonchev–Trinajstić information content (AvgIpc) is 2.42. The lowest BCUT2D eigenvalue weighted by atomic mass is 9.93. The summed E-state index contributed by atoms with van der Waals surface area (Å²) >= 11 is 0. The zero-order valence-electron chi connectivity index (χ0n) is 11.8. The van der Waals surface area contributed by atoms with Crippen molar-refractivity contribution in [1.82, 2.24) is 9.29 Å². The first kappa shape index (κ1) is 15.2. The molecule has 1 aliphatic carbocycles. The van der Waals surface area contributed by atoms with Gasteiger partial charge in [-0.1, -0.05) is 6.42 Å². The maximum absolute atomic E-state index is 11.9. The van der Waals surface area contributed by atoms with Crippen LogP contribution in [0, 0.1) is 0 Å². The Morgan fingerprint density at radius 3 is 2.55 bits per heavy atom. The summed E-state index contributed by atoms with van der Waals surface area (Å²) in [4.78, 5) is 4.23. The summed E-state index contributed by atoms with van der Waals surface area (Å²) in [5, 5.41) is 0. The van der Waals surface area contributed by atoms with Crippen LogP contribution in [0.2, 0.25) is 0 Å². The molecule has 7 heteroatoms. The quantitative estimate of drug-likeness (QED) is 0.895. The lowest BCUT2D eigenvalue weighted by Crippen LogP contribution is -2.41. The number of nitrogens with two attached hydrogens (primary N) is 1. The fraction of sp³-hybridized carbons (Fsp3) is 0.615. The van der Waals surface area contributed by atoms with Gasteiger partial charge >= 0.3 is 0 Å². The van der Waals surface area contributed by atoms with E-state index < -0.39 is 10.0 Å². The van der Waals surface area contributed by atoms with Crippen molar-refractivity contribution in [3.05, 3.63) is 18.3 Å². The summed E-state index contributed by atoms with van der Waals surface area (Å²) in [7, 11) is -0.473. The Bertz CT molecular complexity index is 542. The summed E-state index contributed by atoms with van der Waals surface area (Å²) in [6, 6.07) is 3.11. The van der Waals surface area contributed by atoms with Crippen molar-refractivity contribution in [3.63, 3.8) is 0 Å². The third-order valence-electron chi connectivity index (χ3n) is 3.51. The topological polar surface area (TPSA) is 85.5 Å². The number of ether oxygens (including phenoxy) is 1. The molecule has 0 aliphatic heterocycles. The molecule has 6 nitrogen and oxygen atoms in total. The van der Waals surface area contributed by atoms with E-state index in [0.29, 0.717) is 5.88 Å². The molecular weight excluding hydrogens is 278 g/mol. The van der Waals surface area contributed by atoms with Crippen molar-refractivity contribution in [3.8, 4) is 5.88 Å². The van der Waals surface area contributed by atoms with Crippen molar-refractivity contribution in [2.45, 2.75) is 42.7 Å². The second kappa shape index (κ2) is 6.07. The van der Waals surface area contributed by atoms with Crippen LogP contribution in [0.25, 0.3) is 0 Å². The molecule has 20 heavy (non-hydrogen) atoms. The maximum Gasteiger partial charge on any atom is 0.244 e. The zero-order chi connectivity index (χ0) is 14.8. The molecule has 1 aromatic rings. The van der Waals surface area contributed by atoms with Gasteiger partial charge in [0.15, 0.2) is 0 Å². The molecule has 1 saturated carbocycles. The second-order valence-electron chi connectivity index (χ2n) is 5.22. The number of pyridine rings is 1. The fourth-order valence-electron chi connectivity index (χ4n) is 2.23. The third-order valence-corrected chi connectivity index (χ3v) is 5.31. The fourth-order valence-corrected chi connectivity index (χ4v) is 3.07. The van der Waals surface area contributed by atoms with E-state index in [-0.39, 0.29) is 17.0 Å². The first-order valence-electron chi connectivity index (χ1n) is 6.72. The van der Waals surface area contributed by atoms with Crippen molar-refractivity contribution >= 4 is 10.0 Å². The number of nitrogens with zero attached hydrogens (tertiary/aromatic N) is 2. The molecule has 0 radical (unpaired) electrons. The molecular formula is C13H21N3O3S. The largest absolute Gasteiger partial charge is 0.473 e. The van der Waals surface area contributed by atoms with Crippen LogP contribution in [0.5, 0.6) is 5.88 Å². The lowest BCUT2D eigenvalue weighted by Gasteiger charge is -2.28. The number of hydrogen-bond acceptors (Lipinski definition) is 5. The summed E-state index contributed by atoms with van der Waals surface area (Å²) in [5.41, 5.74) is 6.01. The minimum Gasteiger partial charge on any atom is -0.473 e. The van der Waals surface area contributed by atoms with Gasteiger partial charge in [0.05, 0.1) is 6.20 Å². The van der Waals surface area contributed by atoms with Gasteiger partial charge < -0.3 is 10.5 Å². The molecule has 1 aliphatic rings. The number of rotatable bonds is 4. The van der Waals surface area contributed by atoms with Crippen LogP contribution < -0.4 is 10.5 Å². The Morgan fingerprint density at radius 1 is 1.30 bits per heavy atom. The lowest BCUT2D eigenvalue weighted by molar-refractivity contribution is 0.126. The van der Waals surface area contributed by atoms with Crippen molar-refractivity contribution in [2.75, 3.05) is 14.1 Å². The first-order chi connectivity index (χ1) is 9.41. The monoisotopic (exact) mass is 299 g/mol. The van der Waals surface area contributed by atoms with Gasteiger partial charge in [0, 0.05) is 26.2 Å². The van der Waals surface area contributed by atoms with E-state index in [1.165, 1.54) is 26.4 Å². The van der Waals surface area contributed by atoms with Crippen molar-refractivity contribution in [2.24, 2.45) is 5.73 Å². The second-order valence-corrected chi connectivity index (χ2v) is 7.38. The minimum atomic E-state index is -3.45. The van der Waals surface area contributed by atoms with Crippen LogP contribution in [0.1, 0.15) is 25.7 Å². The molecule has 2 atom stereocenters. The van der Waals surface area contributed by atoms with E-state index in [1.807, 2.05) is 0 Å². The van der Waals surface area contributed by atoms with Crippen LogP contribution in [-0.4, -0.2) is 43.9 Å². The van der Waals surface area contributed by atoms with Crippen molar-refractivity contribution in [1.29, 1.82) is 0 Å². The van der Waals surface area contributed by atoms with Gasteiger partial charge in [-0.2, -0.15) is 0 Å². The highest BCUT2D eigenvalue weighted by Crippen LogP contribution is 2.22. The summed E-state index contributed by atoms with van der Waals surface area (Å²) in [6.07, 6.45) is 5.39. The van der Waals surface area contributed by atoms with Crippen molar-refractivity contribution < 1.29 is 13.2 Å². The van der Waals surface area contributed by atoms with Gasteiger partial charge in [-0.3, -0.25) is 0 Å². The van der Waals surface area contributed by atoms with Crippen LogP contribution >= 0.6 is 0 Å². The predicted octanol–water partition coefficient (Wildman–Crippen LogP) is 0.981.